The fourth-order valence-electron chi connectivity index (χ4n) is 1.25. The molecule has 0 aliphatic heterocycles. The van der Waals surface area contributed by atoms with Crippen molar-refractivity contribution in [2.75, 3.05) is 6.54 Å². The van der Waals surface area contributed by atoms with Crippen molar-refractivity contribution in [3.8, 4) is 0 Å². The first-order chi connectivity index (χ1) is 8.45. The molecule has 0 aliphatic carbocycles. The number of likely N-dealkylation sites (N-methyl/N-ethyl adjacent to an activating group) is 1. The van der Waals surface area contributed by atoms with Gasteiger partial charge in [0.15, 0.2) is 0 Å². The third-order valence-electron chi connectivity index (χ3n) is 2.14. The summed E-state index contributed by atoms with van der Waals surface area (Å²) in [4.78, 5) is 27.2. The van der Waals surface area contributed by atoms with Gasteiger partial charge in [-0.3, -0.25) is 9.59 Å². The first-order valence-corrected chi connectivity index (χ1v) is 6.52. The van der Waals surface area contributed by atoms with Crippen LogP contribution in [0.15, 0.2) is 16.7 Å². The second-order valence-electron chi connectivity index (χ2n) is 3.58. The van der Waals surface area contributed by atoms with E-state index in [1.165, 1.54) is 6.20 Å². The lowest BCUT2D eigenvalue weighted by Crippen LogP contribution is -2.44. The van der Waals surface area contributed by atoms with Gasteiger partial charge in [0.2, 0.25) is 5.91 Å². The maximum atomic E-state index is 11.9. The molecule has 1 atom stereocenters. The van der Waals surface area contributed by atoms with Crippen LogP contribution in [-0.4, -0.2) is 29.4 Å². The van der Waals surface area contributed by atoms with Gasteiger partial charge in [0, 0.05) is 17.2 Å². The van der Waals surface area contributed by atoms with E-state index in [9.17, 15) is 9.59 Å². The van der Waals surface area contributed by atoms with Crippen molar-refractivity contribution >= 4 is 39.3 Å². The normalized spacial score (nSPS) is 11.8. The van der Waals surface area contributed by atoms with Crippen LogP contribution in [0.4, 0.5) is 0 Å². The van der Waals surface area contributed by atoms with Crippen LogP contribution in [0, 0.1) is 0 Å². The van der Waals surface area contributed by atoms with Gasteiger partial charge in [-0.25, -0.2) is 4.98 Å². The van der Waals surface area contributed by atoms with E-state index in [1.807, 2.05) is 6.92 Å². The van der Waals surface area contributed by atoms with Crippen LogP contribution in [0.25, 0.3) is 0 Å². The number of carbonyl (C=O) groups is 2. The summed E-state index contributed by atoms with van der Waals surface area (Å²) in [6.45, 7) is 3.92. The molecule has 0 aliphatic rings. The number of pyridine rings is 1. The van der Waals surface area contributed by atoms with E-state index < -0.39 is 11.9 Å². The SMILES string of the molecule is CCNC(=O)C(C)NC(=O)c1cc(Br)cnc1Cl. The molecule has 0 saturated heterocycles. The van der Waals surface area contributed by atoms with Gasteiger partial charge >= 0.3 is 0 Å². The molecule has 1 aromatic heterocycles. The number of hydrogen-bond acceptors (Lipinski definition) is 3. The molecule has 1 rings (SSSR count). The van der Waals surface area contributed by atoms with Crippen LogP contribution < -0.4 is 10.6 Å². The van der Waals surface area contributed by atoms with Crippen molar-refractivity contribution in [1.82, 2.24) is 15.6 Å². The van der Waals surface area contributed by atoms with Crippen LogP contribution in [0.2, 0.25) is 5.15 Å². The minimum atomic E-state index is -0.632. The number of halogens is 2. The van der Waals surface area contributed by atoms with Crippen LogP contribution >= 0.6 is 27.5 Å². The van der Waals surface area contributed by atoms with Crippen molar-refractivity contribution in [2.45, 2.75) is 19.9 Å². The number of rotatable bonds is 4. The van der Waals surface area contributed by atoms with Gasteiger partial charge in [0.1, 0.15) is 11.2 Å². The summed E-state index contributed by atoms with van der Waals surface area (Å²) >= 11 is 9.03. The highest BCUT2D eigenvalue weighted by Crippen LogP contribution is 2.17. The second kappa shape index (κ2) is 6.70. The van der Waals surface area contributed by atoms with Gasteiger partial charge in [-0.2, -0.15) is 0 Å². The Kier molecular flexibility index (Phi) is 5.55. The van der Waals surface area contributed by atoms with Crippen molar-refractivity contribution in [1.29, 1.82) is 0 Å². The number of amides is 2. The second-order valence-corrected chi connectivity index (χ2v) is 4.86. The Balaban J connectivity index is 2.76. The highest BCUT2D eigenvalue weighted by atomic mass is 79.9. The quantitative estimate of drug-likeness (QED) is 0.824. The molecule has 7 heteroatoms. The Labute approximate surface area is 118 Å². The van der Waals surface area contributed by atoms with E-state index >= 15 is 0 Å². The molecule has 0 spiro atoms. The first-order valence-electron chi connectivity index (χ1n) is 5.35. The van der Waals surface area contributed by atoms with E-state index in [0.29, 0.717) is 11.0 Å². The predicted octanol–water partition coefficient (Wildman–Crippen LogP) is 1.75. The Morgan fingerprint density at radius 3 is 2.83 bits per heavy atom. The van der Waals surface area contributed by atoms with Crippen LogP contribution in [-0.2, 0) is 4.79 Å². The van der Waals surface area contributed by atoms with Gasteiger partial charge in [0.25, 0.3) is 5.91 Å². The molecule has 1 aromatic rings. The standard InChI is InChI=1S/C11H13BrClN3O2/c1-3-14-10(17)6(2)16-11(18)8-4-7(12)5-15-9(8)13/h4-6H,3H2,1-2H3,(H,14,17)(H,16,18). The molecule has 0 saturated carbocycles. The van der Waals surface area contributed by atoms with E-state index in [2.05, 4.69) is 31.5 Å². The van der Waals surface area contributed by atoms with Crippen molar-refractivity contribution in [2.24, 2.45) is 0 Å². The zero-order valence-electron chi connectivity index (χ0n) is 9.96. The monoisotopic (exact) mass is 333 g/mol. The number of aromatic nitrogens is 1. The largest absolute Gasteiger partial charge is 0.355 e. The van der Waals surface area contributed by atoms with Gasteiger partial charge < -0.3 is 10.6 Å². The van der Waals surface area contributed by atoms with Crippen molar-refractivity contribution in [3.05, 3.63) is 27.5 Å². The molecule has 0 bridgehead atoms. The molecule has 0 aromatic carbocycles. The Hall–Kier alpha value is -1.14. The predicted molar refractivity (Wildman–Crippen MR) is 72.6 cm³/mol. The van der Waals surface area contributed by atoms with E-state index in [1.54, 1.807) is 13.0 Å². The molecule has 0 fully saturated rings. The molecule has 98 valence electrons. The highest BCUT2D eigenvalue weighted by Gasteiger charge is 2.18. The van der Waals surface area contributed by atoms with Crippen LogP contribution in [0.3, 0.4) is 0 Å². The molecule has 0 radical (unpaired) electrons. The molecule has 5 nitrogen and oxygen atoms in total. The van der Waals surface area contributed by atoms with Gasteiger partial charge in [0.05, 0.1) is 5.56 Å². The van der Waals surface area contributed by atoms with Crippen molar-refractivity contribution in [3.63, 3.8) is 0 Å². The number of carbonyl (C=O) groups excluding carboxylic acids is 2. The lowest BCUT2D eigenvalue weighted by molar-refractivity contribution is -0.122. The lowest BCUT2D eigenvalue weighted by atomic mass is 10.2. The average Bonchev–Trinajstić information content (AvgIpc) is 2.32. The number of hydrogen-bond donors (Lipinski definition) is 2. The molecule has 2 amide bonds. The first kappa shape index (κ1) is 14.9. The maximum Gasteiger partial charge on any atom is 0.255 e. The third kappa shape index (κ3) is 3.96. The van der Waals surface area contributed by atoms with Gasteiger partial charge in [-0.05, 0) is 35.8 Å². The zero-order valence-corrected chi connectivity index (χ0v) is 12.3. The molecule has 1 unspecified atom stereocenters. The third-order valence-corrected chi connectivity index (χ3v) is 2.88. The molecular formula is C11H13BrClN3O2. The summed E-state index contributed by atoms with van der Waals surface area (Å²) in [7, 11) is 0. The molecular weight excluding hydrogens is 321 g/mol. The lowest BCUT2D eigenvalue weighted by Gasteiger charge is -2.13. The highest BCUT2D eigenvalue weighted by molar-refractivity contribution is 9.10. The topological polar surface area (TPSA) is 71.1 Å². The van der Waals surface area contributed by atoms with E-state index in [0.717, 1.165) is 0 Å². The minimum absolute atomic E-state index is 0.0961. The number of nitrogens with zero attached hydrogens (tertiary/aromatic N) is 1. The zero-order chi connectivity index (χ0) is 13.7. The Morgan fingerprint density at radius 1 is 1.56 bits per heavy atom. The molecule has 2 N–H and O–H groups in total. The molecule has 18 heavy (non-hydrogen) atoms. The Morgan fingerprint density at radius 2 is 2.22 bits per heavy atom. The smallest absolute Gasteiger partial charge is 0.255 e. The Bertz CT molecular complexity index is 468. The maximum absolute atomic E-state index is 11.9. The van der Waals surface area contributed by atoms with Gasteiger partial charge in [-0.15, -0.1) is 0 Å². The number of nitrogens with one attached hydrogen (secondary N) is 2. The van der Waals surface area contributed by atoms with Crippen LogP contribution in [0.5, 0.6) is 0 Å². The van der Waals surface area contributed by atoms with Gasteiger partial charge in [-0.1, -0.05) is 11.6 Å². The summed E-state index contributed by atoms with van der Waals surface area (Å²) in [5.74, 6) is -0.683. The summed E-state index contributed by atoms with van der Waals surface area (Å²) in [6.07, 6.45) is 1.49. The van der Waals surface area contributed by atoms with E-state index in [4.69, 9.17) is 11.6 Å². The fraction of sp³-hybridized carbons (Fsp3) is 0.364. The summed E-state index contributed by atoms with van der Waals surface area (Å²) in [5.41, 5.74) is 0.224. The summed E-state index contributed by atoms with van der Waals surface area (Å²) < 4.78 is 0.641. The minimum Gasteiger partial charge on any atom is -0.355 e. The average molecular weight is 335 g/mol. The van der Waals surface area contributed by atoms with Crippen molar-refractivity contribution < 1.29 is 9.59 Å². The van der Waals surface area contributed by atoms with Crippen LogP contribution in [0.1, 0.15) is 24.2 Å². The molecule has 1 heterocycles. The van der Waals surface area contributed by atoms with E-state index in [-0.39, 0.29) is 16.6 Å². The fourth-order valence-corrected chi connectivity index (χ4v) is 1.77. The summed E-state index contributed by atoms with van der Waals surface area (Å²) in [6, 6.07) is 0.919. The summed E-state index contributed by atoms with van der Waals surface area (Å²) in [5, 5.41) is 5.27.